The van der Waals surface area contributed by atoms with E-state index >= 15 is 0 Å². The van der Waals surface area contributed by atoms with E-state index in [0.29, 0.717) is 34.5 Å². The Bertz CT molecular complexity index is 959. The number of esters is 1. The Labute approximate surface area is 173 Å². The second kappa shape index (κ2) is 9.34. The molecule has 1 aromatic heterocycles. The molecule has 0 amide bonds. The Kier molecular flexibility index (Phi) is 6.62. The highest BCUT2D eigenvalue weighted by molar-refractivity contribution is 7.80. The molecule has 0 spiro atoms. The summed E-state index contributed by atoms with van der Waals surface area (Å²) in [6.45, 7) is 2.62. The van der Waals surface area contributed by atoms with Crippen LogP contribution in [0.3, 0.4) is 0 Å². The summed E-state index contributed by atoms with van der Waals surface area (Å²) in [5, 5.41) is 6.97. The number of imidazole rings is 1. The van der Waals surface area contributed by atoms with Crippen LogP contribution in [0.15, 0.2) is 61.2 Å². The van der Waals surface area contributed by atoms with Gasteiger partial charge >= 0.3 is 5.97 Å². The molecule has 0 bridgehead atoms. The van der Waals surface area contributed by atoms with Gasteiger partial charge in [-0.25, -0.2) is 9.78 Å². The molecule has 0 fully saturated rings. The zero-order valence-electron chi connectivity index (χ0n) is 15.2. The number of ether oxygens (including phenoxy) is 1. The molecule has 6 nitrogen and oxygen atoms in total. The van der Waals surface area contributed by atoms with Crippen molar-refractivity contribution < 1.29 is 9.53 Å². The van der Waals surface area contributed by atoms with E-state index in [1.807, 2.05) is 35.0 Å². The molecule has 0 unspecified atom stereocenters. The number of carbonyl (C=O) groups is 1. The molecule has 2 N–H and O–H groups in total. The van der Waals surface area contributed by atoms with Gasteiger partial charge in [0.05, 0.1) is 23.5 Å². The van der Waals surface area contributed by atoms with Gasteiger partial charge in [-0.2, -0.15) is 0 Å². The molecule has 0 aliphatic heterocycles. The van der Waals surface area contributed by atoms with Crippen LogP contribution in [0, 0.1) is 0 Å². The number of thiocarbonyl (C=S) groups is 1. The zero-order valence-corrected chi connectivity index (χ0v) is 16.8. The number of nitrogens with zero attached hydrogens (tertiary/aromatic N) is 2. The summed E-state index contributed by atoms with van der Waals surface area (Å²) in [6, 6.07) is 13.1. The fraction of sp³-hybridized carbons (Fsp3) is 0.150. The van der Waals surface area contributed by atoms with Crippen LogP contribution in [0.5, 0.6) is 0 Å². The van der Waals surface area contributed by atoms with Crippen LogP contribution in [0.2, 0.25) is 5.02 Å². The number of halogens is 1. The molecule has 28 heavy (non-hydrogen) atoms. The predicted molar refractivity (Wildman–Crippen MR) is 114 cm³/mol. The van der Waals surface area contributed by atoms with E-state index < -0.39 is 5.97 Å². The number of hydrogen-bond acceptors (Lipinski definition) is 4. The molecule has 3 aromatic rings. The zero-order chi connectivity index (χ0) is 19.9. The number of hydrogen-bond donors (Lipinski definition) is 2. The van der Waals surface area contributed by atoms with Crippen molar-refractivity contribution in [2.75, 3.05) is 11.9 Å². The highest BCUT2D eigenvalue weighted by Crippen LogP contribution is 2.22. The molecule has 0 saturated carbocycles. The van der Waals surface area contributed by atoms with Crippen molar-refractivity contribution in [2.45, 2.75) is 13.5 Å². The molecule has 0 aliphatic rings. The molecule has 0 aliphatic carbocycles. The molecule has 0 atom stereocenters. The molecular weight excluding hydrogens is 396 g/mol. The van der Waals surface area contributed by atoms with Crippen molar-refractivity contribution in [3.8, 4) is 5.69 Å². The maximum atomic E-state index is 11.8. The van der Waals surface area contributed by atoms with E-state index in [1.54, 1.807) is 37.6 Å². The first-order chi connectivity index (χ1) is 13.6. The lowest BCUT2D eigenvalue weighted by atomic mass is 10.2. The average molecular weight is 415 g/mol. The van der Waals surface area contributed by atoms with Gasteiger partial charge in [0.25, 0.3) is 0 Å². The Morgan fingerprint density at radius 3 is 2.68 bits per heavy atom. The van der Waals surface area contributed by atoms with E-state index in [4.69, 9.17) is 28.6 Å². The third-order valence-corrected chi connectivity index (χ3v) is 4.47. The topological polar surface area (TPSA) is 68.2 Å². The summed E-state index contributed by atoms with van der Waals surface area (Å²) in [4.78, 5) is 15.8. The van der Waals surface area contributed by atoms with Crippen LogP contribution in [0.4, 0.5) is 5.69 Å². The van der Waals surface area contributed by atoms with Crippen LogP contribution in [-0.2, 0) is 11.3 Å². The van der Waals surface area contributed by atoms with E-state index in [9.17, 15) is 4.79 Å². The average Bonchev–Trinajstić information content (AvgIpc) is 3.22. The normalized spacial score (nSPS) is 10.4. The lowest BCUT2D eigenvalue weighted by Gasteiger charge is -2.12. The molecule has 0 saturated heterocycles. The van der Waals surface area contributed by atoms with Crippen molar-refractivity contribution >= 4 is 40.6 Å². The van der Waals surface area contributed by atoms with Crippen molar-refractivity contribution in [1.29, 1.82) is 0 Å². The van der Waals surface area contributed by atoms with Crippen LogP contribution in [-0.4, -0.2) is 27.2 Å². The maximum Gasteiger partial charge on any atom is 0.339 e. The number of benzene rings is 2. The number of nitrogens with one attached hydrogen (secondary N) is 2. The summed E-state index contributed by atoms with van der Waals surface area (Å²) >= 11 is 11.5. The van der Waals surface area contributed by atoms with Gasteiger partial charge in [-0.1, -0.05) is 23.7 Å². The van der Waals surface area contributed by atoms with Crippen LogP contribution < -0.4 is 10.6 Å². The van der Waals surface area contributed by atoms with Gasteiger partial charge in [-0.15, -0.1) is 0 Å². The van der Waals surface area contributed by atoms with Gasteiger partial charge in [-0.3, -0.25) is 0 Å². The van der Waals surface area contributed by atoms with Gasteiger partial charge in [0.15, 0.2) is 5.11 Å². The number of aromatic nitrogens is 2. The number of rotatable bonds is 6. The molecule has 0 radical (unpaired) electrons. The lowest BCUT2D eigenvalue weighted by Crippen LogP contribution is -2.27. The van der Waals surface area contributed by atoms with Crippen molar-refractivity contribution in [3.05, 3.63) is 77.3 Å². The number of anilines is 1. The smallest absolute Gasteiger partial charge is 0.339 e. The van der Waals surface area contributed by atoms with E-state index in [2.05, 4.69) is 15.6 Å². The molecule has 3 rings (SSSR count). The fourth-order valence-electron chi connectivity index (χ4n) is 2.52. The van der Waals surface area contributed by atoms with E-state index in [-0.39, 0.29) is 0 Å². The number of carbonyl (C=O) groups excluding carboxylic acids is 1. The van der Waals surface area contributed by atoms with Gasteiger partial charge in [0.2, 0.25) is 0 Å². The predicted octanol–water partition coefficient (Wildman–Crippen LogP) is 4.19. The lowest BCUT2D eigenvalue weighted by molar-refractivity contribution is 0.0526. The van der Waals surface area contributed by atoms with Gasteiger partial charge in [0, 0.05) is 30.3 Å². The van der Waals surface area contributed by atoms with Crippen molar-refractivity contribution in [1.82, 2.24) is 14.9 Å². The van der Waals surface area contributed by atoms with Crippen LogP contribution in [0.25, 0.3) is 5.69 Å². The van der Waals surface area contributed by atoms with Crippen molar-refractivity contribution in [2.24, 2.45) is 0 Å². The van der Waals surface area contributed by atoms with Gasteiger partial charge in [0.1, 0.15) is 0 Å². The monoisotopic (exact) mass is 414 g/mol. The summed E-state index contributed by atoms with van der Waals surface area (Å²) in [7, 11) is 0. The minimum atomic E-state index is -0.445. The highest BCUT2D eigenvalue weighted by atomic mass is 35.5. The summed E-state index contributed by atoms with van der Waals surface area (Å²) in [6.07, 6.45) is 5.39. The summed E-state index contributed by atoms with van der Waals surface area (Å²) in [5.74, 6) is -0.445. The third-order valence-electron chi connectivity index (χ3n) is 3.91. The molecule has 2 aromatic carbocycles. The Hall–Kier alpha value is -2.90. The maximum absolute atomic E-state index is 11.8. The largest absolute Gasteiger partial charge is 0.462 e. The molecule has 8 heteroatoms. The summed E-state index contributed by atoms with van der Waals surface area (Å²) < 4.78 is 6.90. The Balaban J connectivity index is 1.54. The Morgan fingerprint density at radius 2 is 2.04 bits per heavy atom. The van der Waals surface area contributed by atoms with Gasteiger partial charge < -0.3 is 19.9 Å². The highest BCUT2D eigenvalue weighted by Gasteiger charge is 2.12. The SMILES string of the molecule is CCOC(=O)c1ccc(NC(=S)NCc2ccc(-n3ccnc3)cc2)cc1Cl. The second-order valence-corrected chi connectivity index (χ2v) is 6.67. The van der Waals surface area contributed by atoms with Crippen molar-refractivity contribution in [3.63, 3.8) is 0 Å². The standard InChI is InChI=1S/C20H19ClN4O2S/c1-2-27-19(26)17-8-5-15(11-18(17)21)24-20(28)23-12-14-3-6-16(7-4-14)25-10-9-22-13-25/h3-11,13H,2,12H2,1H3,(H2,23,24,28). The fourth-order valence-corrected chi connectivity index (χ4v) is 2.97. The first-order valence-corrected chi connectivity index (χ1v) is 9.44. The second-order valence-electron chi connectivity index (χ2n) is 5.86. The summed E-state index contributed by atoms with van der Waals surface area (Å²) in [5.41, 5.74) is 3.14. The molecule has 1 heterocycles. The minimum absolute atomic E-state index is 0.298. The quantitative estimate of drug-likeness (QED) is 0.465. The van der Waals surface area contributed by atoms with Gasteiger partial charge in [-0.05, 0) is 55.0 Å². The van der Waals surface area contributed by atoms with Crippen LogP contribution in [0.1, 0.15) is 22.8 Å². The molecular formula is C20H19ClN4O2S. The first kappa shape index (κ1) is 19.9. The minimum Gasteiger partial charge on any atom is -0.462 e. The third kappa shape index (κ3) is 5.09. The first-order valence-electron chi connectivity index (χ1n) is 8.65. The molecule has 144 valence electrons. The van der Waals surface area contributed by atoms with E-state index in [0.717, 1.165) is 11.3 Å². The van der Waals surface area contributed by atoms with E-state index in [1.165, 1.54) is 0 Å². The Morgan fingerprint density at radius 1 is 1.25 bits per heavy atom. The van der Waals surface area contributed by atoms with Crippen LogP contribution >= 0.6 is 23.8 Å².